The van der Waals surface area contributed by atoms with Crippen molar-refractivity contribution in [1.29, 1.82) is 0 Å². The van der Waals surface area contributed by atoms with Crippen molar-refractivity contribution in [3.8, 4) is 5.75 Å². The molecule has 4 nitrogen and oxygen atoms in total. The van der Waals surface area contributed by atoms with Crippen LogP contribution in [0.15, 0.2) is 24.3 Å². The third kappa shape index (κ3) is 6.56. The van der Waals surface area contributed by atoms with E-state index in [4.69, 9.17) is 9.05 Å². The van der Waals surface area contributed by atoms with E-state index in [-0.39, 0.29) is 6.61 Å². The molecule has 0 spiro atoms. The molecule has 5 heteroatoms. The van der Waals surface area contributed by atoms with E-state index in [0.29, 0.717) is 11.7 Å². The third-order valence-electron chi connectivity index (χ3n) is 3.02. The lowest BCUT2D eigenvalue weighted by molar-refractivity contribution is 0.199. The summed E-state index contributed by atoms with van der Waals surface area (Å²) >= 11 is 0. The molecule has 0 fully saturated rings. The Labute approximate surface area is 121 Å². The zero-order chi connectivity index (χ0) is 15.0. The highest BCUT2D eigenvalue weighted by molar-refractivity contribution is 7.47. The maximum Gasteiger partial charge on any atom is 0.527 e. The minimum Gasteiger partial charge on any atom is -0.404 e. The van der Waals surface area contributed by atoms with E-state index < -0.39 is 7.82 Å². The zero-order valence-corrected chi connectivity index (χ0v) is 13.4. The van der Waals surface area contributed by atoms with Gasteiger partial charge in [0.15, 0.2) is 0 Å². The van der Waals surface area contributed by atoms with Crippen LogP contribution in [0.4, 0.5) is 0 Å². The minimum absolute atomic E-state index is 0.248. The van der Waals surface area contributed by atoms with Crippen LogP contribution in [0.5, 0.6) is 5.75 Å². The van der Waals surface area contributed by atoms with Gasteiger partial charge in [0.1, 0.15) is 5.75 Å². The van der Waals surface area contributed by atoms with E-state index in [1.54, 1.807) is 12.1 Å². The van der Waals surface area contributed by atoms with E-state index in [0.717, 1.165) is 31.2 Å². The molecule has 1 N–H and O–H groups in total. The highest BCUT2D eigenvalue weighted by Gasteiger charge is 2.22. The Bertz CT molecular complexity index is 428. The van der Waals surface area contributed by atoms with Gasteiger partial charge in [-0.25, -0.2) is 4.57 Å². The first-order chi connectivity index (χ1) is 9.44. The van der Waals surface area contributed by atoms with E-state index in [9.17, 15) is 9.46 Å². The smallest absolute Gasteiger partial charge is 0.404 e. The molecular weight excluding hydrogens is 275 g/mol. The standard InChI is InChI=1S/C15H25O4P/c1-4-5-6-7-12-18-20(16,17)19-15-10-8-14(9-11-15)13(2)3/h8-11,13H,4-7,12H2,1-3H3,(H,16,17). The summed E-state index contributed by atoms with van der Waals surface area (Å²) in [6.07, 6.45) is 4.00. The first-order valence-electron chi connectivity index (χ1n) is 7.21. The van der Waals surface area contributed by atoms with E-state index in [1.807, 2.05) is 12.1 Å². The van der Waals surface area contributed by atoms with Crippen molar-refractivity contribution < 1.29 is 18.5 Å². The van der Waals surface area contributed by atoms with Gasteiger partial charge in [0, 0.05) is 0 Å². The SMILES string of the molecule is CCCCCCOP(=O)(O)Oc1ccc(C(C)C)cc1. The van der Waals surface area contributed by atoms with Gasteiger partial charge in [-0.15, -0.1) is 0 Å². The van der Waals surface area contributed by atoms with Gasteiger partial charge >= 0.3 is 7.82 Å². The second-order valence-corrected chi connectivity index (χ2v) is 6.56. The molecule has 114 valence electrons. The molecule has 1 unspecified atom stereocenters. The molecule has 0 saturated carbocycles. The molecule has 0 radical (unpaired) electrons. The number of phosphoric ester groups is 1. The van der Waals surface area contributed by atoms with E-state index in [2.05, 4.69) is 20.8 Å². The van der Waals surface area contributed by atoms with Gasteiger partial charge in [-0.3, -0.25) is 9.42 Å². The van der Waals surface area contributed by atoms with Crippen molar-refractivity contribution in [2.75, 3.05) is 6.61 Å². The van der Waals surface area contributed by atoms with Gasteiger partial charge in [0.05, 0.1) is 6.61 Å². The zero-order valence-electron chi connectivity index (χ0n) is 12.5. The normalized spacial score (nSPS) is 14.2. The lowest BCUT2D eigenvalue weighted by atomic mass is 10.0. The Morgan fingerprint density at radius 1 is 1.15 bits per heavy atom. The lowest BCUT2D eigenvalue weighted by Crippen LogP contribution is -1.99. The van der Waals surface area contributed by atoms with Gasteiger partial charge in [-0.2, -0.15) is 0 Å². The van der Waals surface area contributed by atoms with Gasteiger partial charge in [0.25, 0.3) is 0 Å². The molecule has 1 aromatic carbocycles. The number of hydrogen-bond donors (Lipinski definition) is 1. The van der Waals surface area contributed by atoms with Gasteiger partial charge < -0.3 is 4.52 Å². The van der Waals surface area contributed by atoms with E-state index >= 15 is 0 Å². The van der Waals surface area contributed by atoms with Crippen molar-refractivity contribution in [2.24, 2.45) is 0 Å². The van der Waals surface area contributed by atoms with Crippen LogP contribution in [-0.4, -0.2) is 11.5 Å². The Morgan fingerprint density at radius 3 is 2.35 bits per heavy atom. The highest BCUT2D eigenvalue weighted by atomic mass is 31.2. The topological polar surface area (TPSA) is 55.8 Å². The van der Waals surface area contributed by atoms with Gasteiger partial charge in [-0.1, -0.05) is 52.2 Å². The summed E-state index contributed by atoms with van der Waals surface area (Å²) in [6, 6.07) is 7.17. The van der Waals surface area contributed by atoms with Crippen LogP contribution in [0.1, 0.15) is 57.9 Å². The lowest BCUT2D eigenvalue weighted by Gasteiger charge is -2.13. The molecule has 0 aromatic heterocycles. The first-order valence-corrected chi connectivity index (χ1v) is 8.71. The summed E-state index contributed by atoms with van der Waals surface area (Å²) in [4.78, 5) is 9.61. The summed E-state index contributed by atoms with van der Waals surface area (Å²) in [5.41, 5.74) is 1.16. The monoisotopic (exact) mass is 300 g/mol. The molecule has 0 heterocycles. The summed E-state index contributed by atoms with van der Waals surface area (Å²) in [7, 11) is -4.00. The van der Waals surface area contributed by atoms with Crippen LogP contribution in [-0.2, 0) is 9.09 Å². The van der Waals surface area contributed by atoms with Gasteiger partial charge in [0.2, 0.25) is 0 Å². The predicted molar refractivity (Wildman–Crippen MR) is 81.1 cm³/mol. The quantitative estimate of drug-likeness (QED) is 0.521. The number of phosphoric acid groups is 1. The van der Waals surface area contributed by atoms with Crippen LogP contribution >= 0.6 is 7.82 Å². The number of unbranched alkanes of at least 4 members (excludes halogenated alkanes) is 3. The number of rotatable bonds is 9. The first kappa shape index (κ1) is 17.2. The van der Waals surface area contributed by atoms with Crippen LogP contribution in [0.3, 0.4) is 0 Å². The molecule has 0 aliphatic rings. The fourth-order valence-electron chi connectivity index (χ4n) is 1.78. The van der Waals surface area contributed by atoms with Crippen molar-refractivity contribution >= 4 is 7.82 Å². The molecule has 0 aliphatic heterocycles. The molecule has 1 rings (SSSR count). The van der Waals surface area contributed by atoms with Crippen molar-refractivity contribution in [3.05, 3.63) is 29.8 Å². The summed E-state index contributed by atoms with van der Waals surface area (Å²) in [6.45, 7) is 6.54. The summed E-state index contributed by atoms with van der Waals surface area (Å²) < 4.78 is 21.7. The van der Waals surface area contributed by atoms with E-state index in [1.165, 1.54) is 0 Å². The number of hydrogen-bond acceptors (Lipinski definition) is 3. The maximum atomic E-state index is 11.7. The van der Waals surface area contributed by atoms with Gasteiger partial charge in [-0.05, 0) is 30.0 Å². The molecule has 0 bridgehead atoms. The molecule has 0 aliphatic carbocycles. The average molecular weight is 300 g/mol. The van der Waals surface area contributed by atoms with Crippen molar-refractivity contribution in [1.82, 2.24) is 0 Å². The van der Waals surface area contributed by atoms with Crippen LogP contribution in [0.2, 0.25) is 0 Å². The van der Waals surface area contributed by atoms with Crippen LogP contribution in [0.25, 0.3) is 0 Å². The Kier molecular flexibility index (Phi) is 7.28. The largest absolute Gasteiger partial charge is 0.527 e. The summed E-state index contributed by atoms with van der Waals surface area (Å²) in [5, 5.41) is 0. The predicted octanol–water partition coefficient (Wildman–Crippen LogP) is 4.89. The molecule has 0 amide bonds. The summed E-state index contributed by atoms with van der Waals surface area (Å²) in [5.74, 6) is 0.772. The fraction of sp³-hybridized carbons (Fsp3) is 0.600. The maximum absolute atomic E-state index is 11.7. The highest BCUT2D eigenvalue weighted by Crippen LogP contribution is 2.44. The molecular formula is C15H25O4P. The molecule has 0 saturated heterocycles. The minimum atomic E-state index is -4.00. The second kappa shape index (κ2) is 8.46. The Morgan fingerprint density at radius 2 is 1.80 bits per heavy atom. The molecule has 1 atom stereocenters. The second-order valence-electron chi connectivity index (χ2n) is 5.18. The van der Waals surface area contributed by atoms with Crippen LogP contribution < -0.4 is 4.52 Å². The average Bonchev–Trinajstić information content (AvgIpc) is 2.38. The van der Waals surface area contributed by atoms with Crippen LogP contribution in [0, 0.1) is 0 Å². The fourth-order valence-corrected chi connectivity index (χ4v) is 2.58. The Hall–Kier alpha value is -0.830. The van der Waals surface area contributed by atoms with Crippen molar-refractivity contribution in [3.63, 3.8) is 0 Å². The number of benzene rings is 1. The molecule has 20 heavy (non-hydrogen) atoms. The Balaban J connectivity index is 2.43. The van der Waals surface area contributed by atoms with Crippen molar-refractivity contribution in [2.45, 2.75) is 52.4 Å². The third-order valence-corrected chi connectivity index (χ3v) is 3.97. The molecule has 1 aromatic rings.